The van der Waals surface area contributed by atoms with Gasteiger partial charge in [0.25, 0.3) is 0 Å². The van der Waals surface area contributed by atoms with Gasteiger partial charge in [0, 0.05) is 6.07 Å². The Morgan fingerprint density at radius 3 is 2.52 bits per heavy atom. The number of nitrogens with zero attached hydrogens (tertiary/aromatic N) is 2. The molecule has 0 saturated carbocycles. The molecule has 0 aliphatic heterocycles. The van der Waals surface area contributed by atoms with E-state index >= 15 is 0 Å². The molecule has 5 nitrogen and oxygen atoms in total. The molecule has 3 aromatic carbocycles. The van der Waals surface area contributed by atoms with E-state index in [-0.39, 0.29) is 5.43 Å². The molecule has 5 heteroatoms. The fraction of sp³-hybridized carbons (Fsp3) is 0.0417. The highest BCUT2D eigenvalue weighted by molar-refractivity contribution is 5.85. The fourth-order valence-corrected chi connectivity index (χ4v) is 3.46. The highest BCUT2D eigenvalue weighted by Crippen LogP contribution is 2.30. The molecule has 0 N–H and O–H groups in total. The van der Waals surface area contributed by atoms with E-state index in [4.69, 9.17) is 9.15 Å². The predicted octanol–water partition coefficient (Wildman–Crippen LogP) is 5.50. The number of hydrogen-bond acceptors (Lipinski definition) is 5. The van der Waals surface area contributed by atoms with Crippen LogP contribution >= 0.6 is 0 Å². The summed E-state index contributed by atoms with van der Waals surface area (Å²) in [6.07, 6.45) is 1.47. The number of benzene rings is 3. The second kappa shape index (κ2) is 6.87. The topological polar surface area (TPSA) is 65.2 Å². The Balaban J connectivity index is 1.60. The smallest absolute Gasteiger partial charge is 0.230 e. The molecule has 2 aromatic heterocycles. The van der Waals surface area contributed by atoms with Gasteiger partial charge in [-0.3, -0.25) is 4.79 Å². The van der Waals surface area contributed by atoms with Gasteiger partial charge in [-0.15, -0.1) is 0 Å². The monoisotopic (exact) mass is 380 g/mol. The van der Waals surface area contributed by atoms with E-state index in [1.54, 1.807) is 25.1 Å². The average molecular weight is 380 g/mol. The van der Waals surface area contributed by atoms with Gasteiger partial charge in [0.05, 0.1) is 21.9 Å². The first kappa shape index (κ1) is 17.1. The molecule has 0 amide bonds. The van der Waals surface area contributed by atoms with Crippen LogP contribution in [0.1, 0.15) is 5.76 Å². The summed E-state index contributed by atoms with van der Waals surface area (Å²) >= 11 is 0. The molecular weight excluding hydrogens is 364 g/mol. The molecule has 0 aliphatic rings. The van der Waals surface area contributed by atoms with Crippen molar-refractivity contribution in [2.45, 2.75) is 6.92 Å². The van der Waals surface area contributed by atoms with Crippen LogP contribution < -0.4 is 10.2 Å². The van der Waals surface area contributed by atoms with Crippen molar-refractivity contribution in [3.05, 3.63) is 95.1 Å². The van der Waals surface area contributed by atoms with E-state index in [1.807, 2.05) is 54.6 Å². The highest BCUT2D eigenvalue weighted by Gasteiger charge is 2.14. The third-order valence-corrected chi connectivity index (χ3v) is 4.82. The number of aryl methyl sites for hydroxylation is 1. The number of hydrogen-bond donors (Lipinski definition) is 0. The van der Waals surface area contributed by atoms with Crippen LogP contribution in [-0.4, -0.2) is 9.97 Å². The molecule has 0 spiro atoms. The van der Waals surface area contributed by atoms with Crippen LogP contribution in [0.5, 0.6) is 11.6 Å². The van der Waals surface area contributed by atoms with Gasteiger partial charge in [0.15, 0.2) is 0 Å². The summed E-state index contributed by atoms with van der Waals surface area (Å²) in [6.45, 7) is 1.80. The maximum Gasteiger partial charge on any atom is 0.230 e. The Kier molecular flexibility index (Phi) is 4.06. The third-order valence-electron chi connectivity index (χ3n) is 4.82. The molecule has 0 saturated heterocycles. The largest absolute Gasteiger partial charge is 0.460 e. The molecule has 0 unspecified atom stereocenters. The van der Waals surface area contributed by atoms with Crippen molar-refractivity contribution in [3.8, 4) is 22.8 Å². The van der Waals surface area contributed by atoms with Crippen molar-refractivity contribution in [1.29, 1.82) is 0 Å². The Bertz CT molecular complexity index is 1400. The van der Waals surface area contributed by atoms with E-state index in [2.05, 4.69) is 9.97 Å². The second-order valence-electron chi connectivity index (χ2n) is 6.68. The zero-order valence-electron chi connectivity index (χ0n) is 15.6. The third kappa shape index (κ3) is 3.02. The molecular formula is C24H16N2O3. The van der Waals surface area contributed by atoms with Crippen LogP contribution in [0.3, 0.4) is 0 Å². The van der Waals surface area contributed by atoms with Crippen molar-refractivity contribution in [3.63, 3.8) is 0 Å². The van der Waals surface area contributed by atoms with Crippen molar-refractivity contribution >= 4 is 21.9 Å². The first-order chi connectivity index (χ1) is 14.2. The summed E-state index contributed by atoms with van der Waals surface area (Å²) in [5.74, 6) is 1.56. The summed E-state index contributed by atoms with van der Waals surface area (Å²) in [5, 5.41) is 1.32. The second-order valence-corrected chi connectivity index (χ2v) is 6.68. The zero-order valence-corrected chi connectivity index (χ0v) is 15.6. The molecule has 0 atom stereocenters. The summed E-state index contributed by atoms with van der Waals surface area (Å²) in [4.78, 5) is 21.6. The number of fused-ring (bicyclic) bond motifs is 2. The Hall–Kier alpha value is -3.99. The molecule has 0 fully saturated rings. The van der Waals surface area contributed by atoms with E-state index in [0.717, 1.165) is 16.5 Å². The lowest BCUT2D eigenvalue weighted by molar-refractivity contribution is 0.466. The van der Waals surface area contributed by atoms with Gasteiger partial charge in [0.2, 0.25) is 11.3 Å². The Morgan fingerprint density at radius 2 is 1.66 bits per heavy atom. The lowest BCUT2D eigenvalue weighted by Gasteiger charge is -2.10. The molecule has 2 heterocycles. The lowest BCUT2D eigenvalue weighted by Crippen LogP contribution is -2.07. The van der Waals surface area contributed by atoms with Gasteiger partial charge in [-0.1, -0.05) is 42.5 Å². The maximum absolute atomic E-state index is 13.1. The van der Waals surface area contributed by atoms with Gasteiger partial charge < -0.3 is 9.15 Å². The van der Waals surface area contributed by atoms with Crippen molar-refractivity contribution in [2.75, 3.05) is 0 Å². The maximum atomic E-state index is 13.1. The zero-order chi connectivity index (χ0) is 19.8. The predicted molar refractivity (Wildman–Crippen MR) is 112 cm³/mol. The molecule has 0 radical (unpaired) electrons. The minimum absolute atomic E-state index is 0.0611. The summed E-state index contributed by atoms with van der Waals surface area (Å²) < 4.78 is 12.0. The first-order valence-electron chi connectivity index (χ1n) is 9.21. The Morgan fingerprint density at radius 1 is 0.862 bits per heavy atom. The quantitative estimate of drug-likeness (QED) is 0.413. The van der Waals surface area contributed by atoms with E-state index in [0.29, 0.717) is 33.9 Å². The van der Waals surface area contributed by atoms with E-state index in [9.17, 15) is 4.79 Å². The molecule has 140 valence electrons. The SMILES string of the molecule is Cc1oc2cc(Oc3ncnc4ccccc34)ccc2c(=O)c1-c1ccccc1. The molecule has 0 bridgehead atoms. The van der Waals surface area contributed by atoms with Crippen LogP contribution in [0.25, 0.3) is 33.0 Å². The minimum atomic E-state index is -0.0611. The average Bonchev–Trinajstić information content (AvgIpc) is 2.75. The van der Waals surface area contributed by atoms with Gasteiger partial charge in [-0.2, -0.15) is 0 Å². The van der Waals surface area contributed by atoms with Gasteiger partial charge in [0.1, 0.15) is 23.4 Å². The molecule has 0 aliphatic carbocycles. The van der Waals surface area contributed by atoms with Gasteiger partial charge in [-0.25, -0.2) is 9.97 Å². The van der Waals surface area contributed by atoms with E-state index in [1.165, 1.54) is 6.33 Å². The van der Waals surface area contributed by atoms with Crippen molar-refractivity contribution in [1.82, 2.24) is 9.97 Å². The number of ether oxygens (including phenoxy) is 1. The van der Waals surface area contributed by atoms with E-state index < -0.39 is 0 Å². The van der Waals surface area contributed by atoms with Crippen LogP contribution in [-0.2, 0) is 0 Å². The summed E-state index contributed by atoms with van der Waals surface area (Å²) in [7, 11) is 0. The summed E-state index contributed by atoms with van der Waals surface area (Å²) in [6, 6.07) is 22.4. The molecule has 5 aromatic rings. The standard InChI is InChI=1S/C24H16N2O3/c1-15-22(16-7-3-2-4-8-16)23(27)19-12-11-17(13-21(19)28-15)29-24-18-9-5-6-10-20(18)25-14-26-24/h2-14H,1H3. The van der Waals surface area contributed by atoms with Gasteiger partial charge in [-0.05, 0) is 36.8 Å². The van der Waals surface area contributed by atoms with Crippen LogP contribution in [0, 0.1) is 6.92 Å². The first-order valence-corrected chi connectivity index (χ1v) is 9.21. The highest BCUT2D eigenvalue weighted by atomic mass is 16.5. The normalized spacial score (nSPS) is 11.1. The number of rotatable bonds is 3. The van der Waals surface area contributed by atoms with Crippen molar-refractivity contribution in [2.24, 2.45) is 0 Å². The van der Waals surface area contributed by atoms with Crippen LogP contribution in [0.4, 0.5) is 0 Å². The number of para-hydroxylation sites is 1. The Labute approximate surface area is 166 Å². The molecule has 29 heavy (non-hydrogen) atoms. The van der Waals surface area contributed by atoms with Crippen LogP contribution in [0.2, 0.25) is 0 Å². The van der Waals surface area contributed by atoms with Crippen LogP contribution in [0.15, 0.2) is 88.3 Å². The minimum Gasteiger partial charge on any atom is -0.460 e. The number of aromatic nitrogens is 2. The fourth-order valence-electron chi connectivity index (χ4n) is 3.46. The summed E-state index contributed by atoms with van der Waals surface area (Å²) in [5.41, 5.74) is 2.63. The molecule has 5 rings (SSSR count). The van der Waals surface area contributed by atoms with Crippen molar-refractivity contribution < 1.29 is 9.15 Å². The lowest BCUT2D eigenvalue weighted by atomic mass is 10.0. The van der Waals surface area contributed by atoms with Gasteiger partial charge >= 0.3 is 0 Å².